The maximum atomic E-state index is 12.2. The second-order valence-electron chi connectivity index (χ2n) is 3.92. The summed E-state index contributed by atoms with van der Waals surface area (Å²) < 4.78 is 1.59. The summed E-state index contributed by atoms with van der Waals surface area (Å²) >= 11 is 11.7. The van der Waals surface area contributed by atoms with Gasteiger partial charge in [-0.1, -0.05) is 23.2 Å². The van der Waals surface area contributed by atoms with E-state index in [0.29, 0.717) is 21.2 Å². The molecule has 6 heteroatoms. The molecule has 1 aromatic carbocycles. The lowest BCUT2D eigenvalue weighted by molar-refractivity contribution is 0.0961. The number of aryl methyl sites for hydroxylation is 1. The van der Waals surface area contributed by atoms with Gasteiger partial charge in [-0.3, -0.25) is 9.48 Å². The fourth-order valence-corrected chi connectivity index (χ4v) is 1.88. The maximum Gasteiger partial charge on any atom is 0.184 e. The predicted molar refractivity (Wildman–Crippen MR) is 70.9 cm³/mol. The highest BCUT2D eigenvalue weighted by molar-refractivity contribution is 6.42. The molecular formula is C12H11Cl2N3O. The third-order valence-corrected chi connectivity index (χ3v) is 3.31. The van der Waals surface area contributed by atoms with E-state index >= 15 is 0 Å². The van der Waals surface area contributed by atoms with Crippen molar-refractivity contribution in [2.45, 2.75) is 6.04 Å². The number of carbonyl (C=O) groups excluding carboxylic acids is 1. The van der Waals surface area contributed by atoms with E-state index in [4.69, 9.17) is 28.9 Å². The van der Waals surface area contributed by atoms with Crippen molar-refractivity contribution < 1.29 is 4.79 Å². The first-order chi connectivity index (χ1) is 8.49. The first-order valence-electron chi connectivity index (χ1n) is 5.22. The number of aromatic nitrogens is 2. The van der Waals surface area contributed by atoms with Crippen molar-refractivity contribution in [3.8, 4) is 0 Å². The summed E-state index contributed by atoms with van der Waals surface area (Å²) in [6.07, 6.45) is 3.28. The lowest BCUT2D eigenvalue weighted by Gasteiger charge is -2.09. The quantitative estimate of drug-likeness (QED) is 0.881. The van der Waals surface area contributed by atoms with Gasteiger partial charge in [-0.25, -0.2) is 0 Å². The zero-order valence-electron chi connectivity index (χ0n) is 9.60. The fourth-order valence-electron chi connectivity index (χ4n) is 1.58. The molecule has 1 atom stereocenters. The Balaban J connectivity index is 2.28. The highest BCUT2D eigenvalue weighted by Gasteiger charge is 2.19. The van der Waals surface area contributed by atoms with Gasteiger partial charge in [0.25, 0.3) is 0 Å². The summed E-state index contributed by atoms with van der Waals surface area (Å²) in [6.45, 7) is 0. The molecule has 2 rings (SSSR count). The van der Waals surface area contributed by atoms with Gasteiger partial charge in [0.1, 0.15) is 0 Å². The minimum absolute atomic E-state index is 0.221. The van der Waals surface area contributed by atoms with Crippen LogP contribution in [0.2, 0.25) is 10.0 Å². The van der Waals surface area contributed by atoms with Crippen LogP contribution in [-0.4, -0.2) is 15.6 Å². The molecule has 2 N–H and O–H groups in total. The van der Waals surface area contributed by atoms with Crippen LogP contribution in [0.4, 0.5) is 0 Å². The SMILES string of the molecule is Cn1cc(C(N)C(=O)c2ccc(Cl)c(Cl)c2)cn1. The standard InChI is InChI=1S/C12H11Cl2N3O/c1-17-6-8(5-16-17)11(15)12(18)7-2-3-9(13)10(14)4-7/h2-6,11H,15H2,1H3. The minimum atomic E-state index is -0.754. The molecule has 0 aliphatic heterocycles. The number of halogens is 2. The van der Waals surface area contributed by atoms with Gasteiger partial charge in [-0.15, -0.1) is 0 Å². The van der Waals surface area contributed by atoms with E-state index in [1.807, 2.05) is 0 Å². The van der Waals surface area contributed by atoms with Gasteiger partial charge in [0.2, 0.25) is 0 Å². The van der Waals surface area contributed by atoms with E-state index in [-0.39, 0.29) is 5.78 Å². The molecule has 0 aliphatic carbocycles. The Morgan fingerprint density at radius 2 is 2.11 bits per heavy atom. The topological polar surface area (TPSA) is 60.9 Å². The highest BCUT2D eigenvalue weighted by atomic mass is 35.5. The van der Waals surface area contributed by atoms with Crippen molar-refractivity contribution in [1.29, 1.82) is 0 Å². The third kappa shape index (κ3) is 2.56. The normalized spacial score (nSPS) is 12.4. The number of rotatable bonds is 3. The third-order valence-electron chi connectivity index (χ3n) is 2.57. The zero-order valence-corrected chi connectivity index (χ0v) is 11.1. The van der Waals surface area contributed by atoms with E-state index in [0.717, 1.165) is 0 Å². The zero-order chi connectivity index (χ0) is 13.3. The Morgan fingerprint density at radius 3 is 2.67 bits per heavy atom. The summed E-state index contributed by atoms with van der Waals surface area (Å²) in [6, 6.07) is 3.94. The summed E-state index contributed by atoms with van der Waals surface area (Å²) in [5.41, 5.74) is 6.99. The van der Waals surface area contributed by atoms with Gasteiger partial charge in [0.15, 0.2) is 5.78 Å². The first kappa shape index (κ1) is 13.1. The van der Waals surface area contributed by atoms with E-state index in [2.05, 4.69) is 5.10 Å². The van der Waals surface area contributed by atoms with Crippen LogP contribution in [0.1, 0.15) is 22.0 Å². The Hall–Kier alpha value is -1.36. The first-order valence-corrected chi connectivity index (χ1v) is 5.98. The molecule has 1 aromatic heterocycles. The lowest BCUT2D eigenvalue weighted by Crippen LogP contribution is -2.21. The Morgan fingerprint density at radius 1 is 1.39 bits per heavy atom. The molecule has 0 radical (unpaired) electrons. The number of hydrogen-bond acceptors (Lipinski definition) is 3. The average Bonchev–Trinajstić information content (AvgIpc) is 2.77. The molecule has 2 aromatic rings. The predicted octanol–water partition coefficient (Wildman–Crippen LogP) is 2.61. The van der Waals surface area contributed by atoms with E-state index < -0.39 is 6.04 Å². The number of ketones is 1. The van der Waals surface area contributed by atoms with Crippen molar-refractivity contribution in [1.82, 2.24) is 9.78 Å². The molecule has 0 saturated carbocycles. The van der Waals surface area contributed by atoms with Crippen LogP contribution in [0.3, 0.4) is 0 Å². The lowest BCUT2D eigenvalue weighted by atomic mass is 10.0. The molecule has 1 heterocycles. The van der Waals surface area contributed by atoms with Crippen molar-refractivity contribution in [2.75, 3.05) is 0 Å². The van der Waals surface area contributed by atoms with Gasteiger partial charge in [0.05, 0.1) is 22.3 Å². The number of nitrogens with two attached hydrogens (primary N) is 1. The number of nitrogens with zero attached hydrogens (tertiary/aromatic N) is 2. The molecule has 0 fully saturated rings. The van der Waals surface area contributed by atoms with Gasteiger partial charge in [-0.05, 0) is 18.2 Å². The number of Topliss-reactive ketones (excluding diaryl/α,β-unsaturated/α-hetero) is 1. The summed E-state index contributed by atoms with van der Waals surface area (Å²) in [7, 11) is 1.76. The van der Waals surface area contributed by atoms with Gasteiger partial charge in [-0.2, -0.15) is 5.10 Å². The summed E-state index contributed by atoms with van der Waals surface area (Å²) in [5, 5.41) is 4.72. The smallest absolute Gasteiger partial charge is 0.184 e. The fraction of sp³-hybridized carbons (Fsp3) is 0.167. The van der Waals surface area contributed by atoms with Crippen LogP contribution in [0, 0.1) is 0 Å². The van der Waals surface area contributed by atoms with Crippen molar-refractivity contribution in [3.05, 3.63) is 51.8 Å². The van der Waals surface area contributed by atoms with Crippen LogP contribution < -0.4 is 5.73 Å². The molecule has 18 heavy (non-hydrogen) atoms. The van der Waals surface area contributed by atoms with Crippen LogP contribution in [0.5, 0.6) is 0 Å². The summed E-state index contributed by atoms with van der Waals surface area (Å²) in [5.74, 6) is -0.221. The highest BCUT2D eigenvalue weighted by Crippen LogP contribution is 2.24. The number of carbonyl (C=O) groups is 1. The molecule has 94 valence electrons. The molecular weight excluding hydrogens is 273 g/mol. The average molecular weight is 284 g/mol. The Kier molecular flexibility index (Phi) is 3.71. The molecule has 1 unspecified atom stereocenters. The van der Waals surface area contributed by atoms with Gasteiger partial charge in [0, 0.05) is 24.4 Å². The minimum Gasteiger partial charge on any atom is -0.317 e. The second-order valence-corrected chi connectivity index (χ2v) is 4.73. The second kappa shape index (κ2) is 5.10. The Bertz CT molecular complexity index is 595. The number of benzene rings is 1. The molecule has 4 nitrogen and oxygen atoms in total. The van der Waals surface area contributed by atoms with Crippen LogP contribution in [0.15, 0.2) is 30.6 Å². The van der Waals surface area contributed by atoms with Crippen molar-refractivity contribution in [3.63, 3.8) is 0 Å². The van der Waals surface area contributed by atoms with Crippen LogP contribution >= 0.6 is 23.2 Å². The molecule has 0 bridgehead atoms. The van der Waals surface area contributed by atoms with E-state index in [9.17, 15) is 4.79 Å². The molecule has 0 saturated heterocycles. The van der Waals surface area contributed by atoms with Gasteiger partial charge < -0.3 is 5.73 Å². The molecule has 0 spiro atoms. The Labute approximate surface area is 114 Å². The van der Waals surface area contributed by atoms with Crippen molar-refractivity contribution in [2.24, 2.45) is 12.8 Å². The maximum absolute atomic E-state index is 12.2. The number of hydrogen-bond donors (Lipinski definition) is 1. The van der Waals surface area contributed by atoms with Gasteiger partial charge >= 0.3 is 0 Å². The van der Waals surface area contributed by atoms with Crippen LogP contribution in [-0.2, 0) is 7.05 Å². The van der Waals surface area contributed by atoms with E-state index in [1.54, 1.807) is 36.3 Å². The largest absolute Gasteiger partial charge is 0.317 e. The van der Waals surface area contributed by atoms with E-state index in [1.165, 1.54) is 6.07 Å². The molecule has 0 amide bonds. The van der Waals surface area contributed by atoms with Crippen molar-refractivity contribution >= 4 is 29.0 Å². The summed E-state index contributed by atoms with van der Waals surface area (Å²) in [4.78, 5) is 12.2. The molecule has 0 aliphatic rings. The van der Waals surface area contributed by atoms with Crippen LogP contribution in [0.25, 0.3) is 0 Å². The monoisotopic (exact) mass is 283 g/mol.